The number of carbonyl (C=O) groups is 3. The van der Waals surface area contributed by atoms with Crippen molar-refractivity contribution >= 4 is 62.3 Å². The highest BCUT2D eigenvalue weighted by atomic mass is 32.2. The lowest BCUT2D eigenvalue weighted by molar-refractivity contribution is 0.261. The van der Waals surface area contributed by atoms with E-state index in [0.717, 1.165) is 0 Å². The Labute approximate surface area is 264 Å². The van der Waals surface area contributed by atoms with Crippen LogP contribution in [0.2, 0.25) is 0 Å². The molecule has 0 unspecified atom stereocenters. The molecular formula is C33H28N6O6S. The summed E-state index contributed by atoms with van der Waals surface area (Å²) in [7, 11) is -4.47. The van der Waals surface area contributed by atoms with Gasteiger partial charge < -0.3 is 36.1 Å². The van der Waals surface area contributed by atoms with Gasteiger partial charge in [0.1, 0.15) is 10.6 Å². The smallest absolute Gasteiger partial charge is 0.339 e. The first-order chi connectivity index (χ1) is 22.2. The van der Waals surface area contributed by atoms with Crippen LogP contribution in [0, 0.1) is 0 Å². The van der Waals surface area contributed by atoms with E-state index in [2.05, 4.69) is 31.9 Å². The van der Waals surface area contributed by atoms with Crippen molar-refractivity contribution in [3.63, 3.8) is 0 Å². The molecule has 5 aromatic carbocycles. The van der Waals surface area contributed by atoms with Gasteiger partial charge >= 0.3 is 28.2 Å². The molecule has 0 aliphatic heterocycles. The molecule has 0 saturated heterocycles. The summed E-state index contributed by atoms with van der Waals surface area (Å²) in [5.74, 6) is -0.0365. The van der Waals surface area contributed by atoms with E-state index >= 15 is 0 Å². The minimum absolute atomic E-state index is 0.0365. The highest BCUT2D eigenvalue weighted by molar-refractivity contribution is 7.87. The van der Waals surface area contributed by atoms with Gasteiger partial charge in [-0.15, -0.1) is 0 Å². The van der Waals surface area contributed by atoms with Gasteiger partial charge in [0, 0.05) is 34.1 Å². The summed E-state index contributed by atoms with van der Waals surface area (Å²) in [6, 6.07) is 33.9. The maximum absolute atomic E-state index is 13.4. The van der Waals surface area contributed by atoms with Gasteiger partial charge in [0.05, 0.1) is 0 Å². The second-order valence-electron chi connectivity index (χ2n) is 9.64. The van der Waals surface area contributed by atoms with Crippen molar-refractivity contribution in [1.29, 1.82) is 0 Å². The predicted octanol–water partition coefficient (Wildman–Crippen LogP) is 7.39. The van der Waals surface area contributed by atoms with Crippen LogP contribution in [0.1, 0.15) is 0 Å². The zero-order chi connectivity index (χ0) is 32.4. The van der Waals surface area contributed by atoms with E-state index in [1.165, 1.54) is 42.5 Å². The highest BCUT2D eigenvalue weighted by Crippen LogP contribution is 2.27. The molecule has 0 bridgehead atoms. The van der Waals surface area contributed by atoms with E-state index in [4.69, 9.17) is 4.18 Å². The number of amides is 6. The molecule has 0 spiro atoms. The summed E-state index contributed by atoms with van der Waals surface area (Å²) in [5.41, 5.74) is 2.16. The molecule has 5 aromatic rings. The number of carbonyl (C=O) groups excluding carboxylic acids is 3. The van der Waals surface area contributed by atoms with Crippen molar-refractivity contribution in [3.05, 3.63) is 133 Å². The molecule has 5 rings (SSSR count). The Morgan fingerprint density at radius 1 is 0.413 bits per heavy atom. The molecule has 0 atom stereocenters. The van der Waals surface area contributed by atoms with Crippen molar-refractivity contribution < 1.29 is 27.0 Å². The fourth-order valence-electron chi connectivity index (χ4n) is 4.10. The molecule has 13 heteroatoms. The van der Waals surface area contributed by atoms with Gasteiger partial charge in [-0.3, -0.25) is 0 Å². The van der Waals surface area contributed by atoms with Crippen molar-refractivity contribution in [2.45, 2.75) is 4.90 Å². The summed E-state index contributed by atoms with van der Waals surface area (Å²) in [6.07, 6.45) is 0. The fourth-order valence-corrected chi connectivity index (χ4v) is 5.10. The molecule has 0 aromatic heterocycles. The zero-order valence-electron chi connectivity index (χ0n) is 24.1. The number of urea groups is 3. The minimum Gasteiger partial charge on any atom is -0.379 e. The van der Waals surface area contributed by atoms with Gasteiger partial charge in [-0.05, 0) is 78.9 Å². The molecule has 0 radical (unpaired) electrons. The number of hydrogen-bond donors (Lipinski definition) is 6. The third-order valence-electron chi connectivity index (χ3n) is 6.12. The maximum Gasteiger partial charge on any atom is 0.339 e. The van der Waals surface area contributed by atoms with Gasteiger partial charge in [-0.25, -0.2) is 14.4 Å². The number of benzene rings is 5. The lowest BCUT2D eigenvalue weighted by atomic mass is 10.2. The maximum atomic E-state index is 13.4. The van der Waals surface area contributed by atoms with Crippen LogP contribution in [0.4, 0.5) is 48.5 Å². The Hall–Kier alpha value is -6.34. The van der Waals surface area contributed by atoms with E-state index in [1.807, 2.05) is 6.07 Å². The van der Waals surface area contributed by atoms with Crippen LogP contribution in [-0.4, -0.2) is 26.5 Å². The van der Waals surface area contributed by atoms with Crippen molar-refractivity contribution in [1.82, 2.24) is 0 Å². The second-order valence-corrected chi connectivity index (χ2v) is 11.2. The van der Waals surface area contributed by atoms with Crippen molar-refractivity contribution in [2.24, 2.45) is 0 Å². The Bertz CT molecular complexity index is 1850. The van der Waals surface area contributed by atoms with Gasteiger partial charge in [-0.2, -0.15) is 8.42 Å². The third-order valence-corrected chi connectivity index (χ3v) is 7.35. The number of anilines is 6. The number of para-hydroxylation sites is 3. The third kappa shape index (κ3) is 9.08. The van der Waals surface area contributed by atoms with E-state index in [0.29, 0.717) is 22.7 Å². The van der Waals surface area contributed by atoms with Crippen LogP contribution in [0.3, 0.4) is 0 Å². The average molecular weight is 637 g/mol. The minimum atomic E-state index is -4.47. The number of nitrogens with one attached hydrogen (secondary N) is 6. The van der Waals surface area contributed by atoms with Crippen LogP contribution in [-0.2, 0) is 10.1 Å². The number of rotatable bonds is 9. The molecule has 12 nitrogen and oxygen atoms in total. The first-order valence-corrected chi connectivity index (χ1v) is 15.2. The van der Waals surface area contributed by atoms with E-state index in [-0.39, 0.29) is 22.0 Å². The van der Waals surface area contributed by atoms with Gasteiger partial charge in [0.2, 0.25) is 0 Å². The summed E-state index contributed by atoms with van der Waals surface area (Å²) in [5, 5.41) is 15.8. The Kier molecular flexibility index (Phi) is 9.75. The molecule has 232 valence electrons. The molecule has 0 aliphatic rings. The predicted molar refractivity (Wildman–Crippen MR) is 178 cm³/mol. The normalized spacial score (nSPS) is 10.6. The summed E-state index contributed by atoms with van der Waals surface area (Å²) < 4.78 is 32.1. The van der Waals surface area contributed by atoms with Crippen LogP contribution in [0.5, 0.6) is 5.75 Å². The molecule has 6 N–H and O–H groups in total. The Morgan fingerprint density at radius 2 is 0.739 bits per heavy atom. The fraction of sp³-hybridized carbons (Fsp3) is 0. The zero-order valence-corrected chi connectivity index (χ0v) is 24.9. The Morgan fingerprint density at radius 3 is 1.11 bits per heavy atom. The number of hydrogen-bond acceptors (Lipinski definition) is 6. The molecule has 46 heavy (non-hydrogen) atoms. The molecule has 0 heterocycles. The Balaban J connectivity index is 1.32. The van der Waals surface area contributed by atoms with Crippen LogP contribution in [0.15, 0.2) is 138 Å². The lowest BCUT2D eigenvalue weighted by Gasteiger charge is -2.14. The molecule has 0 saturated carbocycles. The van der Waals surface area contributed by atoms with Crippen LogP contribution < -0.4 is 36.1 Å². The van der Waals surface area contributed by atoms with Gasteiger partial charge in [0.15, 0.2) is 0 Å². The standard InChI is InChI=1S/C33H28N6O6S/c40-31(34-23-10-4-1-5-11-23)37-26-16-18-29(19-17-26)45-46(43,44)30-21-27(38-32(41)35-24-12-6-2-7-13-24)20-28(22-30)39-33(42)36-25-14-8-3-9-15-25/h1-22H,(H2,34,37,40)(H2,35,38,41)(H2,36,39,42). The quantitative estimate of drug-likeness (QED) is 0.0923. The molecule has 6 amide bonds. The van der Waals surface area contributed by atoms with Gasteiger partial charge in [0.25, 0.3) is 0 Å². The largest absolute Gasteiger partial charge is 0.379 e. The summed E-state index contributed by atoms with van der Waals surface area (Å²) in [6.45, 7) is 0. The molecular weight excluding hydrogens is 608 g/mol. The van der Waals surface area contributed by atoms with Crippen LogP contribution >= 0.6 is 0 Å². The SMILES string of the molecule is O=C(Nc1ccccc1)Nc1ccc(OS(=O)(=O)c2cc(NC(=O)Nc3ccccc3)cc(NC(=O)Nc3ccccc3)c2)cc1. The van der Waals surface area contributed by atoms with E-state index < -0.39 is 28.2 Å². The average Bonchev–Trinajstić information content (AvgIpc) is 3.03. The molecule has 0 aliphatic carbocycles. The monoisotopic (exact) mass is 636 g/mol. The second kappa shape index (κ2) is 14.4. The van der Waals surface area contributed by atoms with E-state index in [9.17, 15) is 22.8 Å². The van der Waals surface area contributed by atoms with Crippen molar-refractivity contribution in [2.75, 3.05) is 31.9 Å². The first kappa shape index (κ1) is 31.1. The van der Waals surface area contributed by atoms with Crippen LogP contribution in [0.25, 0.3) is 0 Å². The topological polar surface area (TPSA) is 167 Å². The van der Waals surface area contributed by atoms with Gasteiger partial charge in [-0.1, -0.05) is 54.6 Å². The van der Waals surface area contributed by atoms with E-state index in [1.54, 1.807) is 84.9 Å². The first-order valence-electron chi connectivity index (χ1n) is 13.8. The molecule has 0 fully saturated rings. The van der Waals surface area contributed by atoms with Crippen molar-refractivity contribution in [3.8, 4) is 5.75 Å². The highest BCUT2D eigenvalue weighted by Gasteiger charge is 2.20. The summed E-state index contributed by atoms with van der Waals surface area (Å²) >= 11 is 0. The lowest BCUT2D eigenvalue weighted by Crippen LogP contribution is -2.22. The summed E-state index contributed by atoms with van der Waals surface area (Å²) in [4.78, 5) is 37.3.